The molecule has 1 aromatic carbocycles. The highest BCUT2D eigenvalue weighted by Crippen LogP contribution is 2.24. The summed E-state index contributed by atoms with van der Waals surface area (Å²) < 4.78 is 1.88. The molecule has 0 saturated heterocycles. The fraction of sp³-hybridized carbons (Fsp3) is 0.300. The van der Waals surface area contributed by atoms with Crippen LogP contribution in [0.3, 0.4) is 0 Å². The summed E-state index contributed by atoms with van der Waals surface area (Å²) in [5.41, 5.74) is 9.23. The molecule has 6 nitrogen and oxygen atoms in total. The number of carbonyl (C=O) groups is 1. The van der Waals surface area contributed by atoms with E-state index in [-0.39, 0.29) is 0 Å². The minimum absolute atomic E-state index is 0.364. The Bertz CT molecular complexity index is 976. The van der Waals surface area contributed by atoms with E-state index in [1.807, 2.05) is 18.2 Å². The molecule has 0 radical (unpaired) electrons. The van der Waals surface area contributed by atoms with Crippen molar-refractivity contribution in [2.75, 3.05) is 5.32 Å². The van der Waals surface area contributed by atoms with Crippen molar-refractivity contribution >= 4 is 17.2 Å². The van der Waals surface area contributed by atoms with Crippen LogP contribution in [-0.4, -0.2) is 20.5 Å². The van der Waals surface area contributed by atoms with E-state index in [9.17, 15) is 4.79 Å². The Hall–Kier alpha value is -2.86. The summed E-state index contributed by atoms with van der Waals surface area (Å²) in [6.45, 7) is 8.78. The molecule has 3 N–H and O–H groups in total. The van der Waals surface area contributed by atoms with Crippen LogP contribution in [-0.2, 0) is 13.0 Å². The normalized spacial score (nSPS) is 11.0. The first-order valence-electron chi connectivity index (χ1n) is 8.71. The Kier molecular flexibility index (Phi) is 4.95. The van der Waals surface area contributed by atoms with Gasteiger partial charge in [0.15, 0.2) is 5.65 Å². The van der Waals surface area contributed by atoms with Crippen molar-refractivity contribution in [2.24, 2.45) is 0 Å². The summed E-state index contributed by atoms with van der Waals surface area (Å²) >= 11 is 0. The maximum absolute atomic E-state index is 11.9. The summed E-state index contributed by atoms with van der Waals surface area (Å²) in [7, 11) is 0. The average Bonchev–Trinajstić information content (AvgIpc) is 2.94. The van der Waals surface area contributed by atoms with Crippen LogP contribution in [0.25, 0.3) is 5.65 Å². The molecule has 0 aliphatic heterocycles. The Labute approximate surface area is 152 Å². The van der Waals surface area contributed by atoms with Crippen LogP contribution in [0.1, 0.15) is 45.4 Å². The topological polar surface area (TPSA) is 78.7 Å². The number of anilines is 1. The Morgan fingerprint density at radius 3 is 2.73 bits per heavy atom. The highest BCUT2D eigenvalue weighted by molar-refractivity contribution is 5.95. The third-order valence-electron chi connectivity index (χ3n) is 4.90. The molecule has 0 aliphatic carbocycles. The van der Waals surface area contributed by atoms with E-state index in [0.29, 0.717) is 12.1 Å². The molecule has 0 atom stereocenters. The van der Waals surface area contributed by atoms with Crippen molar-refractivity contribution < 1.29 is 10.0 Å². The minimum atomic E-state index is -0.550. The Morgan fingerprint density at radius 1 is 1.27 bits per heavy atom. The molecule has 0 spiro atoms. The van der Waals surface area contributed by atoms with E-state index < -0.39 is 5.91 Å². The second-order valence-electron chi connectivity index (χ2n) is 6.48. The molecule has 0 saturated carbocycles. The van der Waals surface area contributed by atoms with Crippen molar-refractivity contribution in [1.82, 2.24) is 14.9 Å². The van der Waals surface area contributed by atoms with Gasteiger partial charge in [0.05, 0.1) is 16.9 Å². The van der Waals surface area contributed by atoms with Gasteiger partial charge < -0.3 is 9.72 Å². The number of aromatic nitrogens is 2. The molecule has 3 rings (SSSR count). The molecule has 1 amide bonds. The fourth-order valence-corrected chi connectivity index (χ4v) is 3.22. The molecule has 3 aromatic rings. The number of benzene rings is 1. The van der Waals surface area contributed by atoms with E-state index in [0.717, 1.165) is 29.1 Å². The molecule has 0 fully saturated rings. The van der Waals surface area contributed by atoms with Crippen molar-refractivity contribution in [3.8, 4) is 0 Å². The lowest BCUT2D eigenvalue weighted by Gasteiger charge is -2.15. The first-order valence-corrected chi connectivity index (χ1v) is 8.71. The zero-order valence-electron chi connectivity index (χ0n) is 15.6. The summed E-state index contributed by atoms with van der Waals surface area (Å²) in [6, 6.07) is 8.03. The van der Waals surface area contributed by atoms with Crippen LogP contribution < -0.4 is 10.8 Å². The number of hydroxylamine groups is 1. The lowest BCUT2D eigenvalue weighted by molar-refractivity contribution is 0.0706. The van der Waals surface area contributed by atoms with Gasteiger partial charge in [-0.3, -0.25) is 10.0 Å². The van der Waals surface area contributed by atoms with Gasteiger partial charge >= 0.3 is 0 Å². The maximum Gasteiger partial charge on any atom is 0.276 e. The Morgan fingerprint density at radius 2 is 2.04 bits per heavy atom. The lowest BCUT2D eigenvalue weighted by atomic mass is 10.00. The molecule has 6 heteroatoms. The number of pyridine rings is 1. The van der Waals surface area contributed by atoms with E-state index in [1.165, 1.54) is 16.7 Å². The van der Waals surface area contributed by atoms with Gasteiger partial charge in [-0.1, -0.05) is 25.1 Å². The largest absolute Gasteiger partial charge is 0.378 e. The van der Waals surface area contributed by atoms with Crippen LogP contribution in [0.5, 0.6) is 0 Å². The summed E-state index contributed by atoms with van der Waals surface area (Å²) in [4.78, 5) is 16.6. The van der Waals surface area contributed by atoms with Crippen molar-refractivity contribution in [2.45, 2.75) is 40.7 Å². The zero-order valence-corrected chi connectivity index (χ0v) is 15.6. The van der Waals surface area contributed by atoms with Crippen molar-refractivity contribution in [1.29, 1.82) is 0 Å². The summed E-state index contributed by atoms with van der Waals surface area (Å²) in [6.07, 6.45) is 2.65. The number of nitrogens with zero attached hydrogens (tertiary/aromatic N) is 2. The molecule has 136 valence electrons. The second kappa shape index (κ2) is 7.17. The molecular formula is C20H24N4O2. The van der Waals surface area contributed by atoms with Gasteiger partial charge in [0, 0.05) is 18.4 Å². The quantitative estimate of drug-likeness (QED) is 0.485. The third-order valence-corrected chi connectivity index (χ3v) is 4.90. The van der Waals surface area contributed by atoms with Gasteiger partial charge in [-0.2, -0.15) is 0 Å². The number of nitrogens with one attached hydrogen (secondary N) is 2. The SMILES string of the molecule is CCc1cccc(C)c1CNc1cc(C(=O)NO)cn2c(C)c(C)nc12. The number of carbonyl (C=O) groups excluding carboxylic acids is 1. The smallest absolute Gasteiger partial charge is 0.276 e. The highest BCUT2D eigenvalue weighted by atomic mass is 16.5. The molecule has 2 heterocycles. The van der Waals surface area contributed by atoms with Gasteiger partial charge in [0.1, 0.15) is 0 Å². The predicted octanol–water partition coefficient (Wildman–Crippen LogP) is 3.55. The Balaban J connectivity index is 2.04. The van der Waals surface area contributed by atoms with Gasteiger partial charge in [-0.25, -0.2) is 10.5 Å². The van der Waals surface area contributed by atoms with Gasteiger partial charge in [-0.05, 0) is 49.9 Å². The van der Waals surface area contributed by atoms with Crippen molar-refractivity contribution in [3.05, 3.63) is 64.1 Å². The van der Waals surface area contributed by atoms with E-state index in [4.69, 9.17) is 5.21 Å². The molecule has 0 aliphatic rings. The second-order valence-corrected chi connectivity index (χ2v) is 6.48. The number of fused-ring (bicyclic) bond motifs is 1. The summed E-state index contributed by atoms with van der Waals surface area (Å²) in [5, 5.41) is 12.4. The highest BCUT2D eigenvalue weighted by Gasteiger charge is 2.15. The lowest BCUT2D eigenvalue weighted by Crippen LogP contribution is -2.19. The standard InChI is InChI=1S/C20H24N4O2/c1-5-15-8-6-7-12(2)17(15)10-21-18-9-16(20(25)23-26)11-24-14(4)13(3)22-19(18)24/h6-9,11,21,26H,5,10H2,1-4H3,(H,23,25). The fourth-order valence-electron chi connectivity index (χ4n) is 3.22. The van der Waals surface area contributed by atoms with Gasteiger partial charge in [-0.15, -0.1) is 0 Å². The summed E-state index contributed by atoms with van der Waals surface area (Å²) in [5.74, 6) is -0.550. The maximum atomic E-state index is 11.9. The van der Waals surface area contributed by atoms with E-state index in [1.54, 1.807) is 17.7 Å². The number of imidazole rings is 1. The number of amides is 1. The predicted molar refractivity (Wildman–Crippen MR) is 102 cm³/mol. The number of aryl methyl sites for hydroxylation is 4. The molecular weight excluding hydrogens is 328 g/mol. The van der Waals surface area contributed by atoms with Gasteiger partial charge in [0.25, 0.3) is 5.91 Å². The van der Waals surface area contributed by atoms with Crippen LogP contribution in [0.2, 0.25) is 0 Å². The first-order chi connectivity index (χ1) is 12.5. The third kappa shape index (κ3) is 3.15. The first kappa shape index (κ1) is 17.9. The van der Waals surface area contributed by atoms with Crippen LogP contribution in [0.15, 0.2) is 30.5 Å². The minimum Gasteiger partial charge on any atom is -0.378 e. The van der Waals surface area contributed by atoms with Crippen molar-refractivity contribution in [3.63, 3.8) is 0 Å². The molecule has 0 unspecified atom stereocenters. The van der Waals surface area contributed by atoms with Gasteiger partial charge in [0.2, 0.25) is 0 Å². The number of hydrogen-bond donors (Lipinski definition) is 3. The monoisotopic (exact) mass is 352 g/mol. The zero-order chi connectivity index (χ0) is 18.8. The molecule has 0 bridgehead atoms. The average molecular weight is 352 g/mol. The molecule has 26 heavy (non-hydrogen) atoms. The molecule has 2 aromatic heterocycles. The van der Waals surface area contributed by atoms with Crippen LogP contribution in [0.4, 0.5) is 5.69 Å². The number of rotatable bonds is 5. The number of hydrogen-bond acceptors (Lipinski definition) is 4. The van der Waals surface area contributed by atoms with Crippen LogP contribution in [0, 0.1) is 20.8 Å². The van der Waals surface area contributed by atoms with E-state index >= 15 is 0 Å². The van der Waals surface area contributed by atoms with Crippen LogP contribution >= 0.6 is 0 Å². The van der Waals surface area contributed by atoms with E-state index in [2.05, 4.69) is 42.3 Å².